The Morgan fingerprint density at radius 3 is 2.92 bits per heavy atom. The molecule has 6 nitrogen and oxygen atoms in total. The Kier molecular flexibility index (Phi) is 2.94. The fraction of sp³-hybridized carbons (Fsp3) is 0.235. The van der Waals surface area contributed by atoms with Gasteiger partial charge in [-0.25, -0.2) is 9.50 Å². The topological polar surface area (TPSA) is 67.5 Å². The lowest BCUT2D eigenvalue weighted by atomic mass is 10.2. The Morgan fingerprint density at radius 1 is 1.25 bits per heavy atom. The summed E-state index contributed by atoms with van der Waals surface area (Å²) in [6.45, 7) is 0. The van der Waals surface area contributed by atoms with Gasteiger partial charge in [0.05, 0.1) is 15.9 Å². The van der Waals surface area contributed by atoms with Crippen LogP contribution in [0.1, 0.15) is 35.7 Å². The molecule has 1 aliphatic rings. The van der Waals surface area contributed by atoms with Crippen molar-refractivity contribution in [3.8, 4) is 0 Å². The molecule has 24 heavy (non-hydrogen) atoms. The highest BCUT2D eigenvalue weighted by molar-refractivity contribution is 9.10. The molecule has 0 aliphatic heterocycles. The summed E-state index contributed by atoms with van der Waals surface area (Å²) in [7, 11) is 0. The van der Waals surface area contributed by atoms with Crippen LogP contribution in [0.5, 0.6) is 0 Å². The van der Waals surface area contributed by atoms with Gasteiger partial charge in [-0.3, -0.25) is 4.79 Å². The number of aromatic amines is 1. The van der Waals surface area contributed by atoms with E-state index < -0.39 is 0 Å². The van der Waals surface area contributed by atoms with Crippen LogP contribution < -0.4 is 5.56 Å². The van der Waals surface area contributed by atoms with E-state index in [4.69, 9.17) is 4.98 Å². The molecule has 1 fully saturated rings. The molecule has 0 atom stereocenters. The Morgan fingerprint density at radius 2 is 2.12 bits per heavy atom. The van der Waals surface area contributed by atoms with E-state index in [1.54, 1.807) is 16.9 Å². The molecule has 0 aromatic carbocycles. The van der Waals surface area contributed by atoms with Crippen molar-refractivity contribution in [1.29, 1.82) is 0 Å². The van der Waals surface area contributed by atoms with Crippen LogP contribution in [0.2, 0.25) is 0 Å². The number of aromatic nitrogens is 5. The fourth-order valence-electron chi connectivity index (χ4n) is 3.11. The molecule has 0 spiro atoms. The molecule has 0 saturated heterocycles. The first-order valence-corrected chi connectivity index (χ1v) is 8.70. The number of halogens is 1. The average molecular weight is 384 g/mol. The maximum absolute atomic E-state index is 11.8. The van der Waals surface area contributed by atoms with Crippen LogP contribution in [0.4, 0.5) is 0 Å². The second-order valence-electron chi connectivity index (χ2n) is 6.29. The fourth-order valence-corrected chi connectivity index (χ4v) is 3.67. The van der Waals surface area contributed by atoms with Gasteiger partial charge in [-0.2, -0.15) is 5.10 Å². The number of H-pyrrole nitrogens is 1. The van der Waals surface area contributed by atoms with Crippen LogP contribution in [-0.4, -0.2) is 24.0 Å². The van der Waals surface area contributed by atoms with Gasteiger partial charge in [-0.05, 0) is 52.4 Å². The van der Waals surface area contributed by atoms with Crippen molar-refractivity contribution in [1.82, 2.24) is 24.0 Å². The smallest absolute Gasteiger partial charge is 0.273 e. The molecule has 1 aliphatic carbocycles. The van der Waals surface area contributed by atoms with E-state index in [0.717, 1.165) is 21.5 Å². The van der Waals surface area contributed by atoms with Gasteiger partial charge >= 0.3 is 0 Å². The van der Waals surface area contributed by atoms with Gasteiger partial charge < -0.3 is 9.38 Å². The summed E-state index contributed by atoms with van der Waals surface area (Å²) in [5, 5.41) is 4.45. The van der Waals surface area contributed by atoms with Crippen molar-refractivity contribution in [2.45, 2.75) is 25.2 Å². The van der Waals surface area contributed by atoms with Crippen molar-refractivity contribution >= 4 is 27.1 Å². The lowest BCUT2D eigenvalue weighted by Gasteiger charge is -2.01. The zero-order valence-electron chi connectivity index (χ0n) is 12.7. The molecule has 4 aromatic rings. The number of hydrogen-bond donors (Lipinski definition) is 1. The molecule has 5 rings (SSSR count). The molecular weight excluding hydrogens is 370 g/mol. The van der Waals surface area contributed by atoms with Gasteiger partial charge in [-0.1, -0.05) is 0 Å². The van der Waals surface area contributed by atoms with Crippen LogP contribution in [0, 0.1) is 0 Å². The second-order valence-corrected chi connectivity index (χ2v) is 7.14. The first-order chi connectivity index (χ1) is 11.7. The summed E-state index contributed by atoms with van der Waals surface area (Å²) in [5.74, 6) is 0.696. The Bertz CT molecular complexity index is 1140. The molecular formula is C17H14BrN5O. The van der Waals surface area contributed by atoms with E-state index in [1.165, 1.54) is 18.4 Å². The van der Waals surface area contributed by atoms with Crippen LogP contribution >= 0.6 is 15.9 Å². The summed E-state index contributed by atoms with van der Waals surface area (Å²) in [5.41, 5.74) is 4.45. The number of hydrogen-bond acceptors (Lipinski definition) is 3. The molecule has 0 unspecified atom stereocenters. The first-order valence-electron chi connectivity index (χ1n) is 7.90. The number of nitrogens with one attached hydrogen (secondary N) is 1. The summed E-state index contributed by atoms with van der Waals surface area (Å²) >= 11 is 3.63. The summed E-state index contributed by atoms with van der Waals surface area (Å²) < 4.78 is 4.70. The van der Waals surface area contributed by atoms with Crippen LogP contribution in [0.3, 0.4) is 0 Å². The maximum Gasteiger partial charge on any atom is 0.273 e. The third-order valence-corrected chi connectivity index (χ3v) is 5.02. The minimum atomic E-state index is -0.136. The summed E-state index contributed by atoms with van der Waals surface area (Å²) in [6, 6.07) is 3.99. The van der Waals surface area contributed by atoms with Crippen LogP contribution in [0.25, 0.3) is 11.2 Å². The van der Waals surface area contributed by atoms with Crippen LogP contribution in [0.15, 0.2) is 46.2 Å². The van der Waals surface area contributed by atoms with Crippen molar-refractivity contribution < 1.29 is 0 Å². The first kappa shape index (κ1) is 14.0. The van der Waals surface area contributed by atoms with Gasteiger partial charge in [0, 0.05) is 31.2 Å². The van der Waals surface area contributed by atoms with Crippen LogP contribution in [-0.2, 0) is 6.42 Å². The number of nitrogens with zero attached hydrogens (tertiary/aromatic N) is 4. The number of pyridine rings is 1. The zero-order valence-corrected chi connectivity index (χ0v) is 14.3. The molecule has 4 heterocycles. The Hall–Kier alpha value is -2.41. The molecule has 7 heteroatoms. The Balaban J connectivity index is 1.54. The molecule has 120 valence electrons. The minimum Gasteiger partial charge on any atom is -0.326 e. The molecule has 1 saturated carbocycles. The third kappa shape index (κ3) is 2.27. The lowest BCUT2D eigenvalue weighted by Crippen LogP contribution is -2.07. The van der Waals surface area contributed by atoms with Gasteiger partial charge in [0.1, 0.15) is 5.52 Å². The molecule has 0 bridgehead atoms. The normalized spacial score (nSPS) is 14.7. The predicted molar refractivity (Wildman–Crippen MR) is 93.5 cm³/mol. The highest BCUT2D eigenvalue weighted by atomic mass is 79.9. The Labute approximate surface area is 145 Å². The monoisotopic (exact) mass is 383 g/mol. The summed E-state index contributed by atoms with van der Waals surface area (Å²) in [4.78, 5) is 19.2. The van der Waals surface area contributed by atoms with E-state index >= 15 is 0 Å². The molecule has 0 amide bonds. The number of rotatable bonds is 3. The van der Waals surface area contributed by atoms with Crippen molar-refractivity contribution in [3.63, 3.8) is 0 Å². The maximum atomic E-state index is 11.8. The number of fused-ring (bicyclic) bond motifs is 2. The second kappa shape index (κ2) is 5.04. The SMILES string of the molecule is O=c1[nH]ccn2nc(Cc3cn4cc(C5CC5)cc(Br)c4n3)cc12. The molecule has 1 N–H and O–H groups in total. The van der Waals surface area contributed by atoms with E-state index in [9.17, 15) is 4.79 Å². The van der Waals surface area contributed by atoms with Gasteiger partial charge in [0.2, 0.25) is 0 Å². The van der Waals surface area contributed by atoms with Crippen molar-refractivity contribution in [3.05, 3.63) is 68.7 Å². The number of imidazole rings is 1. The van der Waals surface area contributed by atoms with Crippen molar-refractivity contribution in [2.75, 3.05) is 0 Å². The highest BCUT2D eigenvalue weighted by Crippen LogP contribution is 2.41. The van der Waals surface area contributed by atoms with Crippen molar-refractivity contribution in [2.24, 2.45) is 0 Å². The third-order valence-electron chi connectivity index (χ3n) is 4.44. The molecule has 0 radical (unpaired) electrons. The van der Waals surface area contributed by atoms with Gasteiger partial charge in [0.25, 0.3) is 5.56 Å². The largest absolute Gasteiger partial charge is 0.326 e. The summed E-state index contributed by atoms with van der Waals surface area (Å²) in [6.07, 6.45) is 10.7. The standard InChI is InChI=1S/C17H14BrN5O/c18-14-5-11(10-1-2-10)8-22-9-13(20-16(14)22)6-12-7-15-17(24)19-3-4-23(15)21-12/h3-5,7-10H,1-2,6H2,(H,19,24). The van der Waals surface area contributed by atoms with Gasteiger partial charge in [-0.15, -0.1) is 0 Å². The lowest BCUT2D eigenvalue weighted by molar-refractivity contribution is 0.888. The van der Waals surface area contributed by atoms with E-state index in [2.05, 4.69) is 42.7 Å². The van der Waals surface area contributed by atoms with E-state index in [-0.39, 0.29) is 5.56 Å². The minimum absolute atomic E-state index is 0.136. The van der Waals surface area contributed by atoms with Gasteiger partial charge in [0.15, 0.2) is 5.65 Å². The quantitative estimate of drug-likeness (QED) is 0.591. The molecule has 4 aromatic heterocycles. The predicted octanol–water partition coefficient (Wildman–Crippen LogP) is 2.90. The zero-order chi connectivity index (χ0) is 16.3. The highest BCUT2D eigenvalue weighted by Gasteiger charge is 2.24. The van der Waals surface area contributed by atoms with E-state index in [1.807, 2.05) is 12.3 Å². The average Bonchev–Trinajstić information content (AvgIpc) is 3.19. The van der Waals surface area contributed by atoms with E-state index in [0.29, 0.717) is 17.9 Å².